The highest BCUT2D eigenvalue weighted by atomic mass is 19.1. The molecule has 40 heavy (non-hydrogen) atoms. The molecule has 0 spiro atoms. The van der Waals surface area contributed by atoms with Crippen LogP contribution in [0.25, 0.3) is 33.4 Å². The number of nitrogens with zero attached hydrogens (tertiary/aromatic N) is 4. The highest BCUT2D eigenvalue weighted by Gasteiger charge is 2.20. The minimum atomic E-state index is -0.623. The maximum absolute atomic E-state index is 14.2. The van der Waals surface area contributed by atoms with Gasteiger partial charge < -0.3 is 20.9 Å². The summed E-state index contributed by atoms with van der Waals surface area (Å²) in [6.45, 7) is 4.25. The molecule has 0 radical (unpaired) electrons. The van der Waals surface area contributed by atoms with E-state index in [4.69, 9.17) is 4.74 Å². The van der Waals surface area contributed by atoms with E-state index in [2.05, 4.69) is 26.1 Å². The number of hydrogen-bond acceptors (Lipinski definition) is 7. The van der Waals surface area contributed by atoms with Gasteiger partial charge in [0.05, 0.1) is 42.7 Å². The minimum absolute atomic E-state index is 0.0662. The van der Waals surface area contributed by atoms with E-state index >= 15 is 0 Å². The molecule has 208 valence electrons. The molecule has 0 aliphatic rings. The highest BCUT2D eigenvalue weighted by Crippen LogP contribution is 2.37. The smallest absolute Gasteiger partial charge is 0.258 e. The number of carbonyl (C=O) groups is 1. The van der Waals surface area contributed by atoms with Crippen molar-refractivity contribution in [1.82, 2.24) is 19.7 Å². The fraction of sp³-hybridized carbons (Fsp3) is 0.200. The molecule has 2 heterocycles. The van der Waals surface area contributed by atoms with Crippen LogP contribution in [-0.4, -0.2) is 51.5 Å². The van der Waals surface area contributed by atoms with Crippen LogP contribution in [0.15, 0.2) is 79.3 Å². The number of halogens is 1. The number of amides is 1. The Morgan fingerprint density at radius 2 is 1.73 bits per heavy atom. The van der Waals surface area contributed by atoms with E-state index in [1.54, 1.807) is 22.9 Å². The standard InChI is InChI=1S/C27H22FN5O3.C2H6.CH5N/c1-36-24-14-22-19(13-23(24)31-27(35)18-9-5-6-10-21(18)28)26(30-16-29-22)20-15-33(11-12-34)32-25(20)17-7-3-2-4-8-17;2*1-2/h2-10,13-16,34H,11-12H2,1H3,(H,31,35);1-2H3;2H2,1H3. The highest BCUT2D eigenvalue weighted by molar-refractivity contribution is 6.07. The summed E-state index contributed by atoms with van der Waals surface area (Å²) in [6, 6.07) is 18.8. The van der Waals surface area contributed by atoms with Gasteiger partial charge in [0.2, 0.25) is 0 Å². The summed E-state index contributed by atoms with van der Waals surface area (Å²) in [5.74, 6) is -0.858. The Morgan fingerprint density at radius 3 is 2.40 bits per heavy atom. The average molecular weight is 545 g/mol. The Balaban J connectivity index is 0.00000106. The predicted molar refractivity (Wildman–Crippen MR) is 156 cm³/mol. The van der Waals surface area contributed by atoms with Gasteiger partial charge in [-0.3, -0.25) is 9.48 Å². The first-order valence-electron chi connectivity index (χ1n) is 12.8. The van der Waals surface area contributed by atoms with Crippen molar-refractivity contribution >= 4 is 22.5 Å². The van der Waals surface area contributed by atoms with Crippen LogP contribution in [0.1, 0.15) is 24.2 Å². The van der Waals surface area contributed by atoms with Gasteiger partial charge in [-0.2, -0.15) is 5.10 Å². The number of aromatic nitrogens is 4. The zero-order valence-electron chi connectivity index (χ0n) is 22.9. The first kappa shape index (κ1) is 29.9. The van der Waals surface area contributed by atoms with Crippen LogP contribution in [0.2, 0.25) is 0 Å². The van der Waals surface area contributed by atoms with Gasteiger partial charge in [-0.15, -0.1) is 0 Å². The molecule has 0 bridgehead atoms. The summed E-state index contributed by atoms with van der Waals surface area (Å²) in [5, 5.41) is 17.5. The van der Waals surface area contributed by atoms with Crippen molar-refractivity contribution in [3.8, 4) is 28.3 Å². The lowest BCUT2D eigenvalue weighted by atomic mass is 10.0. The zero-order chi connectivity index (χ0) is 29.1. The number of nitrogens with two attached hydrogens (primary N) is 1. The number of carbonyl (C=O) groups excluding carboxylic acids is 1. The van der Waals surface area contributed by atoms with Gasteiger partial charge in [0.25, 0.3) is 5.91 Å². The van der Waals surface area contributed by atoms with Crippen molar-refractivity contribution in [2.24, 2.45) is 5.73 Å². The second-order valence-electron chi connectivity index (χ2n) is 7.97. The maximum atomic E-state index is 14.2. The molecule has 0 aliphatic heterocycles. The lowest BCUT2D eigenvalue weighted by Crippen LogP contribution is -2.14. The number of anilines is 1. The van der Waals surface area contributed by atoms with E-state index in [0.29, 0.717) is 40.3 Å². The predicted octanol–water partition coefficient (Wildman–Crippen LogP) is 5.15. The number of rotatable bonds is 7. The van der Waals surface area contributed by atoms with Crippen LogP contribution in [-0.2, 0) is 6.54 Å². The molecule has 5 aromatic rings. The van der Waals surface area contributed by atoms with E-state index in [0.717, 1.165) is 11.1 Å². The largest absolute Gasteiger partial charge is 0.494 e. The molecule has 0 fully saturated rings. The molecule has 0 unspecified atom stereocenters. The number of fused-ring (bicyclic) bond motifs is 1. The van der Waals surface area contributed by atoms with Gasteiger partial charge in [0, 0.05) is 28.8 Å². The fourth-order valence-electron chi connectivity index (χ4n) is 4.02. The van der Waals surface area contributed by atoms with E-state index in [1.165, 1.54) is 38.7 Å². The monoisotopic (exact) mass is 544 g/mol. The second-order valence-corrected chi connectivity index (χ2v) is 7.97. The molecule has 0 atom stereocenters. The molecule has 0 saturated heterocycles. The van der Waals surface area contributed by atoms with Crippen molar-refractivity contribution in [2.75, 3.05) is 26.1 Å². The maximum Gasteiger partial charge on any atom is 0.258 e. The minimum Gasteiger partial charge on any atom is -0.494 e. The fourth-order valence-corrected chi connectivity index (χ4v) is 4.02. The van der Waals surface area contributed by atoms with Gasteiger partial charge in [0.1, 0.15) is 23.6 Å². The topological polar surface area (TPSA) is 128 Å². The Morgan fingerprint density at radius 1 is 1.02 bits per heavy atom. The van der Waals surface area contributed by atoms with Crippen molar-refractivity contribution in [2.45, 2.75) is 20.4 Å². The number of ether oxygens (including phenoxy) is 1. The summed E-state index contributed by atoms with van der Waals surface area (Å²) in [6.07, 6.45) is 3.27. The van der Waals surface area contributed by atoms with Crippen LogP contribution in [0.3, 0.4) is 0 Å². The van der Waals surface area contributed by atoms with Crippen molar-refractivity contribution in [3.63, 3.8) is 0 Å². The van der Waals surface area contributed by atoms with Crippen molar-refractivity contribution in [3.05, 3.63) is 90.6 Å². The summed E-state index contributed by atoms with van der Waals surface area (Å²) >= 11 is 0. The quantitative estimate of drug-likeness (QED) is 0.258. The molecule has 10 heteroatoms. The van der Waals surface area contributed by atoms with E-state index in [1.807, 2.05) is 50.4 Å². The van der Waals surface area contributed by atoms with Crippen molar-refractivity contribution < 1.29 is 19.0 Å². The first-order valence-corrected chi connectivity index (χ1v) is 12.8. The Labute approximate surface area is 232 Å². The second kappa shape index (κ2) is 14.5. The van der Waals surface area contributed by atoms with E-state index in [9.17, 15) is 14.3 Å². The van der Waals surface area contributed by atoms with Gasteiger partial charge in [-0.25, -0.2) is 14.4 Å². The number of aliphatic hydroxyl groups is 1. The van der Waals surface area contributed by atoms with E-state index in [-0.39, 0.29) is 12.2 Å². The van der Waals surface area contributed by atoms with Gasteiger partial charge >= 0.3 is 0 Å². The molecule has 1 amide bonds. The molecule has 9 nitrogen and oxygen atoms in total. The molecular weight excluding hydrogens is 511 g/mol. The molecule has 0 saturated carbocycles. The number of benzene rings is 3. The summed E-state index contributed by atoms with van der Waals surface area (Å²) in [5.41, 5.74) is 8.26. The molecule has 4 N–H and O–H groups in total. The van der Waals surface area contributed by atoms with Crippen LogP contribution in [0.5, 0.6) is 5.75 Å². The normalized spacial score (nSPS) is 10.2. The number of nitrogens with one attached hydrogen (secondary N) is 1. The number of methoxy groups -OCH3 is 1. The average Bonchev–Trinajstić information content (AvgIpc) is 3.43. The zero-order valence-corrected chi connectivity index (χ0v) is 22.9. The molecule has 3 aromatic carbocycles. The summed E-state index contributed by atoms with van der Waals surface area (Å²) in [7, 11) is 2.98. The van der Waals surface area contributed by atoms with Crippen LogP contribution >= 0.6 is 0 Å². The summed E-state index contributed by atoms with van der Waals surface area (Å²) in [4.78, 5) is 21.8. The molecule has 5 rings (SSSR count). The van der Waals surface area contributed by atoms with Gasteiger partial charge in [-0.1, -0.05) is 56.3 Å². The lowest BCUT2D eigenvalue weighted by molar-refractivity contribution is 0.102. The van der Waals surface area contributed by atoms with Gasteiger partial charge in [0.15, 0.2) is 0 Å². The van der Waals surface area contributed by atoms with E-state index < -0.39 is 11.7 Å². The Kier molecular flexibility index (Phi) is 10.8. The molecular formula is C30H33FN6O3. The van der Waals surface area contributed by atoms with Gasteiger partial charge in [-0.05, 0) is 25.2 Å². The van der Waals surface area contributed by atoms with Crippen LogP contribution in [0.4, 0.5) is 10.1 Å². The molecule has 0 aliphatic carbocycles. The summed E-state index contributed by atoms with van der Waals surface area (Å²) < 4.78 is 21.3. The number of hydrogen-bond donors (Lipinski definition) is 3. The third-order valence-electron chi connectivity index (χ3n) is 5.72. The molecule has 2 aromatic heterocycles. The first-order chi connectivity index (χ1) is 19.6. The Hall–Kier alpha value is -4.67. The van der Waals surface area contributed by atoms with Crippen molar-refractivity contribution in [1.29, 1.82) is 0 Å². The third-order valence-corrected chi connectivity index (χ3v) is 5.72. The van der Waals surface area contributed by atoms with Crippen LogP contribution < -0.4 is 15.8 Å². The Bertz CT molecular complexity index is 1560. The van der Waals surface area contributed by atoms with Crippen LogP contribution in [0, 0.1) is 5.82 Å². The SMILES string of the molecule is CC.CN.COc1cc2ncnc(-c3cn(CCO)nc3-c3ccccc3)c2cc1NC(=O)c1ccccc1F. The number of aliphatic hydroxyl groups excluding tert-OH is 1. The lowest BCUT2D eigenvalue weighted by Gasteiger charge is -2.13. The third kappa shape index (κ3) is 6.48.